The lowest BCUT2D eigenvalue weighted by atomic mass is 10.3. The summed E-state index contributed by atoms with van der Waals surface area (Å²) in [5.41, 5.74) is 6.28. The monoisotopic (exact) mass is 267 g/mol. The van der Waals surface area contributed by atoms with Crippen LogP contribution in [0.5, 0.6) is 0 Å². The molecule has 1 atom stereocenters. The highest BCUT2D eigenvalue weighted by atomic mass is 32.1. The normalized spacial score (nSPS) is 15.9. The maximum atomic E-state index is 11.8. The average molecular weight is 267 g/mol. The lowest BCUT2D eigenvalue weighted by Gasteiger charge is -2.15. The molecule has 18 heavy (non-hydrogen) atoms. The number of carbonyl (C=O) groups excluding carboxylic acids is 1. The van der Waals surface area contributed by atoms with Crippen LogP contribution >= 0.6 is 12.2 Å². The Morgan fingerprint density at radius 3 is 2.83 bits per heavy atom. The van der Waals surface area contributed by atoms with Crippen molar-refractivity contribution in [2.75, 3.05) is 0 Å². The zero-order chi connectivity index (χ0) is 13.1. The van der Waals surface area contributed by atoms with Gasteiger partial charge in [0.25, 0.3) is 5.91 Å². The Morgan fingerprint density at radius 1 is 1.56 bits per heavy atom. The molecule has 1 aliphatic rings. The number of carbonyl (C=O) groups is 1. The third kappa shape index (κ3) is 3.43. The summed E-state index contributed by atoms with van der Waals surface area (Å²) < 4.78 is 1.61. The highest BCUT2D eigenvalue weighted by Crippen LogP contribution is 2.18. The smallest absolute Gasteiger partial charge is 0.262 e. The van der Waals surface area contributed by atoms with Crippen LogP contribution in [-0.2, 0) is 4.79 Å². The van der Waals surface area contributed by atoms with E-state index in [4.69, 9.17) is 12.2 Å². The standard InChI is InChI=1S/C11H17N5OS/c1-7-5-12-16(6-7)8(2)10(17)14-15-11(18)13-9-3-4-9/h5-6,8-9H,3-4H2,1-2H3,(H,14,17)(H2,13,15,18)/t8-/m1/s1. The zero-order valence-electron chi connectivity index (χ0n) is 10.4. The quantitative estimate of drug-likeness (QED) is 0.546. The van der Waals surface area contributed by atoms with Crippen molar-refractivity contribution in [3.8, 4) is 0 Å². The summed E-state index contributed by atoms with van der Waals surface area (Å²) in [6.45, 7) is 3.71. The molecule has 0 radical (unpaired) electrons. The Morgan fingerprint density at radius 2 is 2.28 bits per heavy atom. The molecular weight excluding hydrogens is 250 g/mol. The Hall–Kier alpha value is -1.63. The van der Waals surface area contributed by atoms with E-state index in [0.717, 1.165) is 18.4 Å². The maximum absolute atomic E-state index is 11.8. The Labute approximate surface area is 111 Å². The summed E-state index contributed by atoms with van der Waals surface area (Å²) in [5.74, 6) is -0.182. The molecule has 0 aromatic carbocycles. The molecule has 1 heterocycles. The van der Waals surface area contributed by atoms with Gasteiger partial charge in [0.2, 0.25) is 0 Å². The van der Waals surface area contributed by atoms with E-state index in [0.29, 0.717) is 11.2 Å². The lowest BCUT2D eigenvalue weighted by molar-refractivity contribution is -0.124. The molecule has 0 unspecified atom stereocenters. The second kappa shape index (κ2) is 5.34. The predicted molar refractivity (Wildman–Crippen MR) is 71.7 cm³/mol. The number of amides is 1. The number of aryl methyl sites for hydroxylation is 1. The van der Waals surface area contributed by atoms with Crippen molar-refractivity contribution >= 4 is 23.2 Å². The van der Waals surface area contributed by atoms with Crippen molar-refractivity contribution in [2.45, 2.75) is 38.8 Å². The lowest BCUT2D eigenvalue weighted by Crippen LogP contribution is -2.49. The molecule has 3 N–H and O–H groups in total. The van der Waals surface area contributed by atoms with E-state index in [1.54, 1.807) is 17.8 Å². The Balaban J connectivity index is 1.78. The molecular formula is C11H17N5OS. The highest BCUT2D eigenvalue weighted by Gasteiger charge is 2.22. The van der Waals surface area contributed by atoms with Gasteiger partial charge in [-0.05, 0) is 44.5 Å². The second-order valence-corrected chi connectivity index (χ2v) is 4.94. The van der Waals surface area contributed by atoms with Gasteiger partial charge < -0.3 is 5.32 Å². The van der Waals surface area contributed by atoms with Crippen LogP contribution in [0.4, 0.5) is 0 Å². The van der Waals surface area contributed by atoms with Crippen molar-refractivity contribution in [1.29, 1.82) is 0 Å². The van der Waals surface area contributed by atoms with Crippen molar-refractivity contribution in [1.82, 2.24) is 25.9 Å². The first-order valence-electron chi connectivity index (χ1n) is 5.93. The summed E-state index contributed by atoms with van der Waals surface area (Å²) in [6, 6.07) is 0.0861. The number of rotatable bonds is 3. The Bertz CT molecular complexity index is 454. The van der Waals surface area contributed by atoms with Crippen LogP contribution in [0.3, 0.4) is 0 Å². The van der Waals surface area contributed by atoms with E-state index in [9.17, 15) is 4.79 Å². The molecule has 0 aliphatic heterocycles. The summed E-state index contributed by atoms with van der Waals surface area (Å²) in [4.78, 5) is 11.8. The SMILES string of the molecule is Cc1cnn([C@H](C)C(=O)NNC(=S)NC2CC2)c1. The minimum absolute atomic E-state index is 0.182. The van der Waals surface area contributed by atoms with Crippen LogP contribution in [0.1, 0.15) is 31.4 Å². The number of nitrogens with zero attached hydrogens (tertiary/aromatic N) is 2. The molecule has 1 amide bonds. The van der Waals surface area contributed by atoms with Crippen molar-refractivity contribution in [2.24, 2.45) is 0 Å². The first kappa shape index (κ1) is 12.8. The first-order valence-corrected chi connectivity index (χ1v) is 6.34. The van der Waals surface area contributed by atoms with Gasteiger partial charge in [-0.3, -0.25) is 20.3 Å². The first-order chi connectivity index (χ1) is 8.56. The van der Waals surface area contributed by atoms with Gasteiger partial charge in [-0.15, -0.1) is 0 Å². The number of hydrazine groups is 1. The zero-order valence-corrected chi connectivity index (χ0v) is 11.3. The molecule has 2 rings (SSSR count). The summed E-state index contributed by atoms with van der Waals surface area (Å²) in [6.07, 6.45) is 5.82. The molecule has 1 saturated carbocycles. The maximum Gasteiger partial charge on any atom is 0.262 e. The fourth-order valence-electron chi connectivity index (χ4n) is 1.44. The highest BCUT2D eigenvalue weighted by molar-refractivity contribution is 7.80. The number of hydrogen-bond donors (Lipinski definition) is 3. The van der Waals surface area contributed by atoms with Crippen LogP contribution < -0.4 is 16.2 Å². The van der Waals surface area contributed by atoms with Gasteiger partial charge in [-0.25, -0.2) is 0 Å². The molecule has 7 heteroatoms. The Kier molecular flexibility index (Phi) is 3.81. The molecule has 98 valence electrons. The van der Waals surface area contributed by atoms with Gasteiger partial charge >= 0.3 is 0 Å². The van der Waals surface area contributed by atoms with Crippen LogP contribution in [0.2, 0.25) is 0 Å². The molecule has 6 nitrogen and oxygen atoms in total. The third-order valence-electron chi connectivity index (χ3n) is 2.72. The van der Waals surface area contributed by atoms with E-state index in [2.05, 4.69) is 21.3 Å². The van der Waals surface area contributed by atoms with E-state index in [-0.39, 0.29) is 11.9 Å². The number of hydrogen-bond acceptors (Lipinski definition) is 3. The molecule has 0 saturated heterocycles. The fraction of sp³-hybridized carbons (Fsp3) is 0.545. The minimum atomic E-state index is -0.380. The molecule has 1 fully saturated rings. The average Bonchev–Trinajstić information content (AvgIpc) is 3.04. The van der Waals surface area contributed by atoms with Gasteiger partial charge in [0, 0.05) is 12.2 Å². The van der Waals surface area contributed by atoms with Crippen molar-refractivity contribution in [3.05, 3.63) is 18.0 Å². The molecule has 0 bridgehead atoms. The number of thiocarbonyl (C=S) groups is 1. The third-order valence-corrected chi connectivity index (χ3v) is 2.94. The van der Waals surface area contributed by atoms with Gasteiger partial charge in [0.1, 0.15) is 6.04 Å². The second-order valence-electron chi connectivity index (χ2n) is 4.54. The van der Waals surface area contributed by atoms with E-state index >= 15 is 0 Å². The fourth-order valence-corrected chi connectivity index (χ4v) is 1.65. The van der Waals surface area contributed by atoms with Gasteiger partial charge in [-0.1, -0.05) is 0 Å². The van der Waals surface area contributed by atoms with E-state index in [1.165, 1.54) is 0 Å². The topological polar surface area (TPSA) is 71.0 Å². The van der Waals surface area contributed by atoms with Gasteiger partial charge in [0.15, 0.2) is 5.11 Å². The van der Waals surface area contributed by atoms with Crippen LogP contribution in [-0.4, -0.2) is 26.8 Å². The van der Waals surface area contributed by atoms with Crippen LogP contribution in [0.15, 0.2) is 12.4 Å². The van der Waals surface area contributed by atoms with Gasteiger partial charge in [-0.2, -0.15) is 5.10 Å². The number of nitrogens with one attached hydrogen (secondary N) is 3. The predicted octanol–water partition coefficient (Wildman–Crippen LogP) is 0.410. The minimum Gasteiger partial charge on any atom is -0.359 e. The van der Waals surface area contributed by atoms with Crippen molar-refractivity contribution < 1.29 is 4.79 Å². The summed E-state index contributed by atoms with van der Waals surface area (Å²) in [5, 5.41) is 7.63. The molecule has 1 aromatic heterocycles. The summed E-state index contributed by atoms with van der Waals surface area (Å²) in [7, 11) is 0. The van der Waals surface area contributed by atoms with E-state index in [1.807, 2.05) is 13.1 Å². The van der Waals surface area contributed by atoms with Gasteiger partial charge in [0.05, 0.1) is 6.20 Å². The molecule has 1 aromatic rings. The van der Waals surface area contributed by atoms with Crippen LogP contribution in [0, 0.1) is 6.92 Å². The van der Waals surface area contributed by atoms with Crippen molar-refractivity contribution in [3.63, 3.8) is 0 Å². The largest absolute Gasteiger partial charge is 0.359 e. The van der Waals surface area contributed by atoms with E-state index < -0.39 is 0 Å². The van der Waals surface area contributed by atoms with Crippen LogP contribution in [0.25, 0.3) is 0 Å². The molecule has 0 spiro atoms. The molecule has 1 aliphatic carbocycles. The number of aromatic nitrogens is 2. The summed E-state index contributed by atoms with van der Waals surface area (Å²) >= 11 is 5.04.